The average Bonchev–Trinajstić information content (AvgIpc) is 3.78. The summed E-state index contributed by atoms with van der Waals surface area (Å²) in [4.78, 5) is 30.4. The van der Waals surface area contributed by atoms with E-state index in [1.54, 1.807) is 6.08 Å². The maximum Gasteiger partial charge on any atom is 0.265 e. The van der Waals surface area contributed by atoms with Gasteiger partial charge in [-0.25, -0.2) is 0 Å². The van der Waals surface area contributed by atoms with Crippen molar-refractivity contribution in [2.75, 3.05) is 28.2 Å². The molecule has 13 heteroatoms. The smallest absolute Gasteiger partial charge is 0.265 e. The zero-order valence-corrected chi connectivity index (χ0v) is 31.0. The molecule has 4 aliphatic rings. The molecule has 8 rings (SSSR count). The molecule has 0 spiro atoms. The highest BCUT2D eigenvalue weighted by Gasteiger charge is 2.61. The Bertz CT molecular complexity index is 1900. The summed E-state index contributed by atoms with van der Waals surface area (Å²) >= 11 is 0. The fourth-order valence-electron chi connectivity index (χ4n) is 8.41. The number of hydrogen-bond acceptors (Lipinski definition) is 13. The lowest BCUT2D eigenvalue weighted by molar-refractivity contribution is -0.0974. The fraction of sp³-hybridized carbons (Fsp3) is 0.429. The van der Waals surface area contributed by atoms with Gasteiger partial charge in [-0.1, -0.05) is 99.3 Å². The molecule has 292 valence electrons. The third kappa shape index (κ3) is 6.74. The summed E-state index contributed by atoms with van der Waals surface area (Å²) in [5.74, 6) is -1.06. The third-order valence-electron chi connectivity index (χ3n) is 11.2. The maximum atomic E-state index is 13.4. The van der Waals surface area contributed by atoms with Crippen molar-refractivity contribution >= 4 is 11.6 Å². The summed E-state index contributed by atoms with van der Waals surface area (Å²) in [6, 6.07) is 18.5. The molecule has 4 aliphatic carbocycles. The minimum absolute atomic E-state index is 0. The molecule has 13 nitrogen and oxygen atoms in total. The van der Waals surface area contributed by atoms with E-state index >= 15 is 0 Å². The summed E-state index contributed by atoms with van der Waals surface area (Å²) in [5.41, 5.74) is -1.17. The SMILES string of the molecule is C.CN(C)[C@@H]1c2onc(OCc3ccccc3)c2C(=O)[C@@]2(O)[C@H](O)C=CC[C@@H]12.C[C@@H]1C=CC[C@H]2[C@H](N(C)C)c3onc(OCc4ccccc4)c3C(=O)[C@@]12O. The lowest BCUT2D eigenvalue weighted by Crippen LogP contribution is -2.61. The van der Waals surface area contributed by atoms with E-state index in [2.05, 4.69) is 10.3 Å². The standard InChI is InChI=1S/C21H24N2O4.C20H22N2O5.CH4/c1-13-8-7-11-15-17(23(2)3)18-16(19(24)21(13,15)25)20(22-27-18)26-12-14-9-5-4-6-10-14;1-22(2)16-13-9-6-10-14(23)20(13,25)18(24)15-17(16)27-21-19(15)26-11-12-7-4-3-5-8-12;/h4-10,13,15,17,25H,11-12H2,1-3H3;3-8,10,13-14,16,23,25H,9,11H2,1-2H3;1H4/t13-,15+,17+,21-;13-,14+,16-,20-;/m10./s1. The number of aromatic nitrogens is 2. The van der Waals surface area contributed by atoms with Crippen molar-refractivity contribution in [2.45, 2.75) is 69.8 Å². The van der Waals surface area contributed by atoms with Gasteiger partial charge in [0.15, 0.2) is 17.1 Å². The summed E-state index contributed by atoms with van der Waals surface area (Å²) in [5, 5.41) is 41.1. The Hall–Kier alpha value is -4.92. The van der Waals surface area contributed by atoms with Crippen LogP contribution in [0.2, 0.25) is 0 Å². The van der Waals surface area contributed by atoms with Gasteiger partial charge in [-0.05, 0) is 62.5 Å². The minimum Gasteiger partial charge on any atom is -0.470 e. The van der Waals surface area contributed by atoms with Crippen LogP contribution in [0.25, 0.3) is 0 Å². The van der Waals surface area contributed by atoms with Gasteiger partial charge in [-0.2, -0.15) is 0 Å². The van der Waals surface area contributed by atoms with Gasteiger partial charge >= 0.3 is 0 Å². The molecule has 2 aromatic heterocycles. The molecule has 0 unspecified atom stereocenters. The van der Waals surface area contributed by atoms with Gasteiger partial charge < -0.3 is 33.8 Å². The normalized spacial score (nSPS) is 29.0. The second kappa shape index (κ2) is 15.7. The van der Waals surface area contributed by atoms with E-state index in [0.29, 0.717) is 24.4 Å². The number of carbonyl (C=O) groups excluding carboxylic acids is 2. The van der Waals surface area contributed by atoms with Crippen molar-refractivity contribution in [3.63, 3.8) is 0 Å². The zero-order valence-electron chi connectivity index (χ0n) is 31.0. The molecule has 3 N–H and O–H groups in total. The van der Waals surface area contributed by atoms with E-state index in [0.717, 1.165) is 11.1 Å². The van der Waals surface area contributed by atoms with Gasteiger partial charge in [0, 0.05) is 17.8 Å². The molecular formula is C42H50N4O9. The predicted molar refractivity (Wildman–Crippen MR) is 202 cm³/mol. The third-order valence-corrected chi connectivity index (χ3v) is 11.2. The van der Waals surface area contributed by atoms with Crippen LogP contribution in [0.3, 0.4) is 0 Å². The molecule has 0 aliphatic heterocycles. The van der Waals surface area contributed by atoms with Crippen LogP contribution in [0.1, 0.15) is 82.6 Å². The number of ketones is 2. The number of Topliss-reactive ketones (excluding diaryl/α,β-unsaturated/α-hetero) is 2. The van der Waals surface area contributed by atoms with E-state index in [9.17, 15) is 24.9 Å². The highest BCUT2D eigenvalue weighted by Crippen LogP contribution is 2.53. The largest absolute Gasteiger partial charge is 0.470 e. The molecule has 8 atom stereocenters. The molecule has 2 aromatic carbocycles. The number of allylic oxidation sites excluding steroid dienone is 2. The van der Waals surface area contributed by atoms with Gasteiger partial charge in [0.25, 0.3) is 11.8 Å². The molecule has 2 heterocycles. The van der Waals surface area contributed by atoms with Crippen molar-refractivity contribution in [2.24, 2.45) is 17.8 Å². The van der Waals surface area contributed by atoms with Crippen LogP contribution in [0.15, 0.2) is 94.0 Å². The highest BCUT2D eigenvalue weighted by molar-refractivity contribution is 6.07. The first-order valence-corrected chi connectivity index (χ1v) is 18.1. The van der Waals surface area contributed by atoms with Crippen molar-refractivity contribution in [3.05, 3.63) is 119 Å². The average molecular weight is 755 g/mol. The van der Waals surface area contributed by atoms with E-state index < -0.39 is 35.0 Å². The number of hydrogen-bond donors (Lipinski definition) is 3. The quantitative estimate of drug-likeness (QED) is 0.197. The first-order chi connectivity index (χ1) is 25.9. The zero-order chi connectivity index (χ0) is 38.4. The number of ether oxygens (including phenoxy) is 2. The Morgan fingerprint density at radius 2 is 1.13 bits per heavy atom. The van der Waals surface area contributed by atoms with Crippen LogP contribution in [-0.2, 0) is 13.2 Å². The Morgan fingerprint density at radius 1 is 0.709 bits per heavy atom. The first-order valence-electron chi connectivity index (χ1n) is 18.1. The number of aliphatic hydroxyl groups is 3. The number of carbonyl (C=O) groups is 2. The van der Waals surface area contributed by atoms with Crippen LogP contribution in [0, 0.1) is 17.8 Å². The Kier molecular flexibility index (Phi) is 11.3. The van der Waals surface area contributed by atoms with Crippen LogP contribution in [0.4, 0.5) is 0 Å². The topological polar surface area (TPSA) is 172 Å². The van der Waals surface area contributed by atoms with Crippen molar-refractivity contribution in [1.82, 2.24) is 20.1 Å². The Balaban J connectivity index is 0.000000184. The first kappa shape index (κ1) is 39.8. The molecule has 0 fully saturated rings. The highest BCUT2D eigenvalue weighted by atomic mass is 16.5. The fourth-order valence-corrected chi connectivity index (χ4v) is 8.41. The van der Waals surface area contributed by atoms with Crippen LogP contribution < -0.4 is 9.47 Å². The van der Waals surface area contributed by atoms with E-state index in [4.69, 9.17) is 18.5 Å². The minimum atomic E-state index is -1.94. The van der Waals surface area contributed by atoms with E-state index in [-0.39, 0.29) is 67.2 Å². The number of benzene rings is 2. The van der Waals surface area contributed by atoms with Gasteiger partial charge in [-0.15, -0.1) is 0 Å². The molecule has 0 saturated carbocycles. The summed E-state index contributed by atoms with van der Waals surface area (Å²) in [7, 11) is 7.51. The van der Waals surface area contributed by atoms with Crippen LogP contribution in [-0.4, -0.2) is 92.5 Å². The lowest BCUT2D eigenvalue weighted by Gasteiger charge is -2.48. The maximum absolute atomic E-state index is 13.4. The molecule has 4 aromatic rings. The summed E-state index contributed by atoms with van der Waals surface area (Å²) in [6.07, 6.45) is 6.94. The van der Waals surface area contributed by atoms with Crippen molar-refractivity contribution < 1.29 is 43.4 Å². The van der Waals surface area contributed by atoms with Crippen LogP contribution >= 0.6 is 0 Å². The Labute approximate surface area is 320 Å². The Morgan fingerprint density at radius 3 is 1.58 bits per heavy atom. The summed E-state index contributed by atoms with van der Waals surface area (Å²) in [6.45, 7) is 2.36. The van der Waals surface area contributed by atoms with Gasteiger partial charge in [0.2, 0.25) is 11.6 Å². The molecule has 0 radical (unpaired) electrons. The van der Waals surface area contributed by atoms with Gasteiger partial charge in [0.05, 0.1) is 12.1 Å². The number of rotatable bonds is 8. The molecular weight excluding hydrogens is 704 g/mol. The van der Waals surface area contributed by atoms with Gasteiger partial charge in [0.1, 0.15) is 36.0 Å². The molecule has 0 amide bonds. The monoisotopic (exact) mass is 754 g/mol. The molecule has 0 bridgehead atoms. The van der Waals surface area contributed by atoms with Crippen LogP contribution in [0.5, 0.6) is 11.8 Å². The van der Waals surface area contributed by atoms with Crippen molar-refractivity contribution in [1.29, 1.82) is 0 Å². The van der Waals surface area contributed by atoms with Crippen molar-refractivity contribution in [3.8, 4) is 11.8 Å². The number of fused-ring (bicyclic) bond motifs is 4. The number of aliphatic hydroxyl groups excluding tert-OH is 1. The second-order valence-electron chi connectivity index (χ2n) is 14.9. The lowest BCUT2D eigenvalue weighted by atomic mass is 9.62. The van der Waals surface area contributed by atoms with E-state index in [1.807, 2.05) is 118 Å². The summed E-state index contributed by atoms with van der Waals surface area (Å²) < 4.78 is 22.6. The molecule has 0 saturated heterocycles. The molecule has 55 heavy (non-hydrogen) atoms. The predicted octanol–water partition coefficient (Wildman–Crippen LogP) is 5.35. The van der Waals surface area contributed by atoms with E-state index in [1.165, 1.54) is 6.08 Å². The second-order valence-corrected chi connectivity index (χ2v) is 14.9. The van der Waals surface area contributed by atoms with Gasteiger partial charge in [-0.3, -0.25) is 19.4 Å². The number of nitrogens with zero attached hydrogens (tertiary/aromatic N) is 4.